The van der Waals surface area contributed by atoms with Crippen molar-refractivity contribution >= 4 is 5.91 Å². The third-order valence-electron chi connectivity index (χ3n) is 4.68. The first-order valence-corrected chi connectivity index (χ1v) is 8.47. The molecule has 132 valence electrons. The van der Waals surface area contributed by atoms with Crippen LogP contribution in [0.2, 0.25) is 0 Å². The van der Waals surface area contributed by atoms with Crippen LogP contribution in [-0.2, 0) is 11.3 Å². The smallest absolute Gasteiger partial charge is 0.334 e. The second-order valence-electron chi connectivity index (χ2n) is 6.57. The molecule has 2 saturated heterocycles. The van der Waals surface area contributed by atoms with Gasteiger partial charge in [0.25, 0.3) is 0 Å². The molecule has 0 N–H and O–H groups in total. The third kappa shape index (κ3) is 4.26. The maximum Gasteiger partial charge on any atom is 0.397 e. The van der Waals surface area contributed by atoms with Gasteiger partial charge in [0.05, 0.1) is 17.4 Å². The summed E-state index contributed by atoms with van der Waals surface area (Å²) in [4.78, 5) is 20.3. The number of amides is 1. The number of carbonyl (C=O) groups is 1. The Bertz CT molecular complexity index is 585. The largest absolute Gasteiger partial charge is 0.397 e. The number of rotatable bonds is 4. The van der Waals surface area contributed by atoms with Crippen molar-refractivity contribution < 1.29 is 18.0 Å². The number of alkyl halides is 3. The molecule has 2 fully saturated rings. The Morgan fingerprint density at radius 1 is 1.17 bits per heavy atom. The Morgan fingerprint density at radius 2 is 1.92 bits per heavy atom. The molecule has 0 saturated carbocycles. The van der Waals surface area contributed by atoms with Crippen LogP contribution in [0.15, 0.2) is 18.2 Å². The summed E-state index contributed by atoms with van der Waals surface area (Å²) in [5, 5.41) is 0. The molecule has 24 heavy (non-hydrogen) atoms. The van der Waals surface area contributed by atoms with E-state index in [1.165, 1.54) is 17.7 Å². The highest BCUT2D eigenvalue weighted by atomic mass is 19.4. The zero-order valence-corrected chi connectivity index (χ0v) is 13.6. The van der Waals surface area contributed by atoms with E-state index >= 15 is 0 Å². The summed E-state index contributed by atoms with van der Waals surface area (Å²) in [6.07, 6.45) is -2.08. The topological polar surface area (TPSA) is 36.4 Å². The molecule has 1 atom stereocenters. The Hall–Kier alpha value is -1.63. The van der Waals surface area contributed by atoms with Crippen molar-refractivity contribution in [3.05, 3.63) is 29.6 Å². The number of halogens is 3. The molecule has 1 aromatic heterocycles. The average molecular weight is 341 g/mol. The van der Waals surface area contributed by atoms with Gasteiger partial charge in [0.2, 0.25) is 5.91 Å². The van der Waals surface area contributed by atoms with Gasteiger partial charge in [-0.15, -0.1) is 0 Å². The number of hydrogen-bond donors (Lipinski definition) is 0. The van der Waals surface area contributed by atoms with E-state index in [1.54, 1.807) is 0 Å². The fourth-order valence-corrected chi connectivity index (χ4v) is 3.59. The summed E-state index contributed by atoms with van der Waals surface area (Å²) in [7, 11) is 0. The summed E-state index contributed by atoms with van der Waals surface area (Å²) in [6, 6.07) is 5.31. The number of likely N-dealkylation sites (tertiary alicyclic amines) is 2. The maximum atomic E-state index is 12.5. The van der Waals surface area contributed by atoms with Crippen molar-refractivity contribution in [2.45, 2.75) is 50.9 Å². The van der Waals surface area contributed by atoms with E-state index in [1.807, 2.05) is 18.2 Å². The molecule has 7 heteroatoms. The van der Waals surface area contributed by atoms with Crippen LogP contribution in [-0.4, -0.2) is 46.5 Å². The molecule has 3 rings (SSSR count). The predicted molar refractivity (Wildman–Crippen MR) is 83.1 cm³/mol. The van der Waals surface area contributed by atoms with Crippen molar-refractivity contribution in [1.29, 1.82) is 0 Å². The van der Waals surface area contributed by atoms with Crippen LogP contribution in [0.5, 0.6) is 0 Å². The van der Waals surface area contributed by atoms with E-state index in [2.05, 4.69) is 9.88 Å². The van der Waals surface area contributed by atoms with Crippen LogP contribution >= 0.6 is 0 Å². The predicted octanol–water partition coefficient (Wildman–Crippen LogP) is 3.29. The summed E-state index contributed by atoms with van der Waals surface area (Å²) in [5.41, 5.74) is 1.63. The quantitative estimate of drug-likeness (QED) is 0.843. The first-order valence-electron chi connectivity index (χ1n) is 8.47. The minimum atomic E-state index is -4.46. The number of hydrogen-bond acceptors (Lipinski definition) is 3. The molecule has 0 aromatic carbocycles. The molecule has 0 spiro atoms. The van der Waals surface area contributed by atoms with Gasteiger partial charge in [0.15, 0.2) is 0 Å². The highest BCUT2D eigenvalue weighted by Crippen LogP contribution is 2.33. The Kier molecular flexibility index (Phi) is 5.08. The molecule has 4 nitrogen and oxygen atoms in total. The normalized spacial score (nSPS) is 22.3. The molecule has 0 unspecified atom stereocenters. The Labute approximate surface area is 139 Å². The van der Waals surface area contributed by atoms with Crippen LogP contribution in [0.3, 0.4) is 0 Å². The van der Waals surface area contributed by atoms with Gasteiger partial charge in [-0.1, -0.05) is 6.07 Å². The minimum absolute atomic E-state index is 0.335. The molecule has 2 aliphatic heterocycles. The lowest BCUT2D eigenvalue weighted by atomic mass is 10.1. The van der Waals surface area contributed by atoms with Gasteiger partial charge >= 0.3 is 6.18 Å². The van der Waals surface area contributed by atoms with Gasteiger partial charge < -0.3 is 4.90 Å². The zero-order chi connectivity index (χ0) is 17.2. The van der Waals surface area contributed by atoms with E-state index in [-0.39, 0.29) is 6.04 Å². The van der Waals surface area contributed by atoms with Gasteiger partial charge in [-0.05, 0) is 50.9 Å². The standard InChI is InChI=1S/C17H22F3N3O/c18-17(19,20)11-16(24)23-10-4-7-15(23)14-6-3-5-13(21-14)12-22-8-1-2-9-22/h3,5-6,15H,1-2,4,7-12H2/t15-/m1/s1. The number of aromatic nitrogens is 1. The monoisotopic (exact) mass is 341 g/mol. The Morgan fingerprint density at radius 3 is 2.62 bits per heavy atom. The summed E-state index contributed by atoms with van der Waals surface area (Å²) in [5.74, 6) is -0.850. The summed E-state index contributed by atoms with van der Waals surface area (Å²) >= 11 is 0. The molecule has 0 radical (unpaired) electrons. The fraction of sp³-hybridized carbons (Fsp3) is 0.647. The highest BCUT2D eigenvalue weighted by Gasteiger charge is 2.38. The van der Waals surface area contributed by atoms with Crippen LogP contribution in [0.25, 0.3) is 0 Å². The van der Waals surface area contributed by atoms with Crippen LogP contribution in [0.4, 0.5) is 13.2 Å². The lowest BCUT2D eigenvalue weighted by molar-refractivity contribution is -0.162. The van der Waals surface area contributed by atoms with Gasteiger partial charge in [-0.3, -0.25) is 14.7 Å². The van der Waals surface area contributed by atoms with E-state index < -0.39 is 18.5 Å². The number of nitrogens with zero attached hydrogens (tertiary/aromatic N) is 3. The zero-order valence-electron chi connectivity index (χ0n) is 13.6. The van der Waals surface area contributed by atoms with E-state index in [9.17, 15) is 18.0 Å². The third-order valence-corrected chi connectivity index (χ3v) is 4.68. The second-order valence-corrected chi connectivity index (χ2v) is 6.57. The van der Waals surface area contributed by atoms with Crippen LogP contribution in [0, 0.1) is 0 Å². The molecule has 1 aromatic rings. The first-order chi connectivity index (χ1) is 11.4. The summed E-state index contributed by atoms with van der Waals surface area (Å²) < 4.78 is 37.5. The van der Waals surface area contributed by atoms with Gasteiger partial charge in [-0.25, -0.2) is 0 Å². The molecule has 0 bridgehead atoms. The lowest BCUT2D eigenvalue weighted by Crippen LogP contribution is -2.34. The molecule has 3 heterocycles. The second kappa shape index (κ2) is 7.09. The van der Waals surface area contributed by atoms with E-state index in [4.69, 9.17) is 0 Å². The van der Waals surface area contributed by atoms with Crippen molar-refractivity contribution in [1.82, 2.24) is 14.8 Å². The van der Waals surface area contributed by atoms with Gasteiger partial charge in [0, 0.05) is 13.1 Å². The molecule has 2 aliphatic rings. The van der Waals surface area contributed by atoms with E-state index in [0.29, 0.717) is 25.1 Å². The SMILES string of the molecule is O=C(CC(F)(F)F)N1CCC[C@@H]1c1cccc(CN2CCCC2)n1. The minimum Gasteiger partial charge on any atom is -0.334 e. The Balaban J connectivity index is 1.71. The van der Waals surface area contributed by atoms with Crippen molar-refractivity contribution in [3.63, 3.8) is 0 Å². The van der Waals surface area contributed by atoms with Gasteiger partial charge in [0.1, 0.15) is 6.42 Å². The molecule has 1 amide bonds. The number of carbonyl (C=O) groups excluding carboxylic acids is 1. The molecular formula is C17H22F3N3O. The average Bonchev–Trinajstić information content (AvgIpc) is 3.16. The van der Waals surface area contributed by atoms with Crippen molar-refractivity contribution in [3.8, 4) is 0 Å². The molecular weight excluding hydrogens is 319 g/mol. The van der Waals surface area contributed by atoms with Crippen LogP contribution < -0.4 is 0 Å². The van der Waals surface area contributed by atoms with Crippen molar-refractivity contribution in [2.24, 2.45) is 0 Å². The van der Waals surface area contributed by atoms with E-state index in [0.717, 1.165) is 25.3 Å². The van der Waals surface area contributed by atoms with Crippen LogP contribution in [0.1, 0.15) is 49.5 Å². The molecule has 0 aliphatic carbocycles. The lowest BCUT2D eigenvalue weighted by Gasteiger charge is -2.25. The first kappa shape index (κ1) is 17.2. The summed E-state index contributed by atoms with van der Waals surface area (Å²) in [6.45, 7) is 3.26. The highest BCUT2D eigenvalue weighted by molar-refractivity contribution is 5.77. The van der Waals surface area contributed by atoms with Crippen molar-refractivity contribution in [2.75, 3.05) is 19.6 Å². The number of pyridine rings is 1. The maximum absolute atomic E-state index is 12.5. The van der Waals surface area contributed by atoms with Gasteiger partial charge in [-0.2, -0.15) is 13.2 Å². The fourth-order valence-electron chi connectivity index (χ4n) is 3.59.